The van der Waals surface area contributed by atoms with Crippen LogP contribution >= 0.6 is 0 Å². The molecule has 0 unspecified atom stereocenters. The minimum atomic E-state index is 0.662. The number of hydrogen-bond donors (Lipinski definition) is 1. The smallest absolute Gasteiger partial charge is 0.133 e. The van der Waals surface area contributed by atoms with Gasteiger partial charge in [-0.1, -0.05) is 12.1 Å². The maximum Gasteiger partial charge on any atom is 0.133 e. The third kappa shape index (κ3) is 3.72. The van der Waals surface area contributed by atoms with Gasteiger partial charge in [0, 0.05) is 12.1 Å². The number of benzene rings is 2. The van der Waals surface area contributed by atoms with Gasteiger partial charge >= 0.3 is 0 Å². The van der Waals surface area contributed by atoms with Crippen LogP contribution in [0.4, 0.5) is 5.82 Å². The summed E-state index contributed by atoms with van der Waals surface area (Å²) in [7, 11) is 1.69. The highest BCUT2D eigenvalue weighted by Gasteiger charge is 2.20. The van der Waals surface area contributed by atoms with E-state index in [2.05, 4.69) is 23.5 Å². The molecule has 0 radical (unpaired) electrons. The predicted molar refractivity (Wildman–Crippen MR) is 110 cm³/mol. The molecule has 0 fully saturated rings. The maximum atomic E-state index is 9.05. The summed E-state index contributed by atoms with van der Waals surface area (Å²) < 4.78 is 7.25. The highest BCUT2D eigenvalue weighted by Crippen LogP contribution is 2.29. The topological polar surface area (TPSA) is 62.9 Å². The summed E-state index contributed by atoms with van der Waals surface area (Å²) in [5.74, 6) is 1.99. The predicted octanol–water partition coefficient (Wildman–Crippen LogP) is 4.29. The molecule has 0 amide bonds. The lowest BCUT2D eigenvalue weighted by atomic mass is 10.0. The third-order valence-electron chi connectivity index (χ3n) is 5.26. The zero-order valence-electron chi connectivity index (χ0n) is 16.1. The minimum absolute atomic E-state index is 0.662. The number of methoxy groups -OCH3 is 1. The molecule has 5 heteroatoms. The van der Waals surface area contributed by atoms with Crippen LogP contribution in [0.15, 0.2) is 48.5 Å². The largest absolute Gasteiger partial charge is 0.497 e. The molecule has 0 bridgehead atoms. The zero-order chi connectivity index (χ0) is 19.3. The lowest BCUT2D eigenvalue weighted by Crippen LogP contribution is -2.07. The van der Waals surface area contributed by atoms with Crippen molar-refractivity contribution in [1.82, 2.24) is 9.78 Å². The average molecular weight is 372 g/mol. The van der Waals surface area contributed by atoms with Crippen LogP contribution in [0.2, 0.25) is 0 Å². The fraction of sp³-hybridized carbons (Fsp3) is 0.304. The number of aromatic nitrogens is 2. The Morgan fingerprint density at radius 3 is 2.57 bits per heavy atom. The van der Waals surface area contributed by atoms with Crippen LogP contribution in [-0.2, 0) is 19.3 Å². The first-order valence-electron chi connectivity index (χ1n) is 9.76. The van der Waals surface area contributed by atoms with Crippen LogP contribution in [0.1, 0.15) is 35.2 Å². The molecule has 28 heavy (non-hydrogen) atoms. The standard InChI is InChI=1S/C23H24N4O/c1-28-20-12-7-17(8-13-20)9-14-22-21-4-2-3-15-25-23(21)27(26-22)19-10-5-18(16-24)6-11-19/h5-8,10-13,25H,2-4,9,14-15H2,1H3. The second kappa shape index (κ2) is 8.18. The number of fused-ring (bicyclic) bond motifs is 1. The van der Waals surface area contributed by atoms with Gasteiger partial charge in [-0.05, 0) is 74.1 Å². The molecule has 4 rings (SSSR count). The van der Waals surface area contributed by atoms with Crippen LogP contribution < -0.4 is 10.1 Å². The lowest BCUT2D eigenvalue weighted by molar-refractivity contribution is 0.414. The van der Waals surface area contributed by atoms with E-state index in [0.29, 0.717) is 5.56 Å². The van der Waals surface area contributed by atoms with Crippen molar-refractivity contribution in [3.63, 3.8) is 0 Å². The molecular weight excluding hydrogens is 348 g/mol. The minimum Gasteiger partial charge on any atom is -0.497 e. The van der Waals surface area contributed by atoms with Crippen LogP contribution in [0, 0.1) is 11.3 Å². The Labute approximate surface area is 165 Å². The Hall–Kier alpha value is -3.26. The van der Waals surface area contributed by atoms with Crippen molar-refractivity contribution < 1.29 is 4.74 Å². The van der Waals surface area contributed by atoms with E-state index >= 15 is 0 Å². The maximum absolute atomic E-state index is 9.05. The molecule has 2 aromatic carbocycles. The normalized spacial score (nSPS) is 13.1. The Morgan fingerprint density at radius 1 is 1.07 bits per heavy atom. The molecule has 0 aliphatic carbocycles. The van der Waals surface area contributed by atoms with E-state index in [4.69, 9.17) is 15.1 Å². The van der Waals surface area contributed by atoms with Crippen molar-refractivity contribution in [3.8, 4) is 17.5 Å². The Kier molecular flexibility index (Phi) is 5.29. The van der Waals surface area contributed by atoms with Crippen LogP contribution in [-0.4, -0.2) is 23.4 Å². The molecular formula is C23H24N4O. The van der Waals surface area contributed by atoms with Gasteiger partial charge in [0.25, 0.3) is 0 Å². The first kappa shape index (κ1) is 18.1. The Balaban J connectivity index is 1.62. The quantitative estimate of drug-likeness (QED) is 0.726. The number of rotatable bonds is 5. The van der Waals surface area contributed by atoms with E-state index in [1.54, 1.807) is 7.11 Å². The van der Waals surface area contributed by atoms with Crippen LogP contribution in [0.25, 0.3) is 5.69 Å². The number of anilines is 1. The van der Waals surface area contributed by atoms with Crippen molar-refractivity contribution in [2.24, 2.45) is 0 Å². The molecule has 0 spiro atoms. The van der Waals surface area contributed by atoms with Crippen molar-refractivity contribution in [2.75, 3.05) is 19.0 Å². The summed E-state index contributed by atoms with van der Waals surface area (Å²) in [5.41, 5.74) is 5.42. The average Bonchev–Trinajstić information content (AvgIpc) is 2.92. The number of nitriles is 1. The summed E-state index contributed by atoms with van der Waals surface area (Å²) in [6.07, 6.45) is 5.24. The Bertz CT molecular complexity index is 981. The number of hydrogen-bond acceptors (Lipinski definition) is 4. The number of nitrogens with one attached hydrogen (secondary N) is 1. The number of nitrogens with zero attached hydrogens (tertiary/aromatic N) is 3. The molecule has 3 aromatic rings. The van der Waals surface area contributed by atoms with Gasteiger partial charge in [0.2, 0.25) is 0 Å². The molecule has 1 aromatic heterocycles. The van der Waals surface area contributed by atoms with E-state index in [1.807, 2.05) is 41.1 Å². The highest BCUT2D eigenvalue weighted by atomic mass is 16.5. The van der Waals surface area contributed by atoms with E-state index in [-0.39, 0.29) is 0 Å². The summed E-state index contributed by atoms with van der Waals surface area (Å²) in [6, 6.07) is 18.0. The number of aryl methyl sites for hydroxylation is 2. The van der Waals surface area contributed by atoms with Crippen molar-refractivity contribution in [2.45, 2.75) is 32.1 Å². The van der Waals surface area contributed by atoms with Gasteiger partial charge in [-0.3, -0.25) is 0 Å². The third-order valence-corrected chi connectivity index (χ3v) is 5.26. The van der Waals surface area contributed by atoms with Crippen LogP contribution in [0.5, 0.6) is 5.75 Å². The second-order valence-corrected chi connectivity index (χ2v) is 7.08. The lowest BCUT2D eigenvalue weighted by Gasteiger charge is -2.09. The fourth-order valence-corrected chi connectivity index (χ4v) is 3.69. The van der Waals surface area contributed by atoms with E-state index < -0.39 is 0 Å². The summed E-state index contributed by atoms with van der Waals surface area (Å²) in [6.45, 7) is 0.965. The van der Waals surface area contributed by atoms with Crippen molar-refractivity contribution >= 4 is 5.82 Å². The molecule has 0 saturated heterocycles. The molecule has 1 aliphatic heterocycles. The van der Waals surface area contributed by atoms with Gasteiger partial charge in [0.15, 0.2) is 0 Å². The molecule has 2 heterocycles. The highest BCUT2D eigenvalue weighted by molar-refractivity contribution is 5.55. The Morgan fingerprint density at radius 2 is 1.86 bits per heavy atom. The molecule has 0 atom stereocenters. The van der Waals surface area contributed by atoms with Crippen LogP contribution in [0.3, 0.4) is 0 Å². The SMILES string of the molecule is COc1ccc(CCc2nn(-c3ccc(C#N)cc3)c3c2CCCCN3)cc1. The first-order valence-corrected chi connectivity index (χ1v) is 9.76. The van der Waals surface area contributed by atoms with Gasteiger partial charge in [0.1, 0.15) is 11.6 Å². The molecule has 1 N–H and O–H groups in total. The van der Waals surface area contributed by atoms with Gasteiger partial charge in [-0.25, -0.2) is 4.68 Å². The molecule has 5 nitrogen and oxygen atoms in total. The van der Waals surface area contributed by atoms with E-state index in [1.165, 1.54) is 24.0 Å². The number of ether oxygens (including phenoxy) is 1. The summed E-state index contributed by atoms with van der Waals surface area (Å²) in [5, 5.41) is 17.6. The summed E-state index contributed by atoms with van der Waals surface area (Å²) >= 11 is 0. The van der Waals surface area contributed by atoms with E-state index in [0.717, 1.165) is 48.8 Å². The van der Waals surface area contributed by atoms with Crippen molar-refractivity contribution in [3.05, 3.63) is 70.9 Å². The van der Waals surface area contributed by atoms with Gasteiger partial charge < -0.3 is 10.1 Å². The molecule has 142 valence electrons. The molecule has 0 saturated carbocycles. The van der Waals surface area contributed by atoms with Gasteiger partial charge in [0.05, 0.1) is 30.1 Å². The fourth-order valence-electron chi connectivity index (χ4n) is 3.69. The summed E-state index contributed by atoms with van der Waals surface area (Å²) in [4.78, 5) is 0. The monoisotopic (exact) mass is 372 g/mol. The van der Waals surface area contributed by atoms with E-state index in [9.17, 15) is 0 Å². The van der Waals surface area contributed by atoms with Gasteiger partial charge in [-0.2, -0.15) is 10.4 Å². The van der Waals surface area contributed by atoms with Gasteiger partial charge in [-0.15, -0.1) is 0 Å². The first-order chi connectivity index (χ1) is 13.8. The zero-order valence-corrected chi connectivity index (χ0v) is 16.1. The van der Waals surface area contributed by atoms with Crippen molar-refractivity contribution in [1.29, 1.82) is 5.26 Å². The molecule has 1 aliphatic rings. The second-order valence-electron chi connectivity index (χ2n) is 7.08.